The lowest BCUT2D eigenvalue weighted by Crippen LogP contribution is -2.23. The molecule has 0 N–H and O–H groups in total. The summed E-state index contributed by atoms with van der Waals surface area (Å²) in [4.78, 5) is 13.7. The summed E-state index contributed by atoms with van der Waals surface area (Å²) in [6.07, 6.45) is 5.99. The van der Waals surface area contributed by atoms with Gasteiger partial charge in [0.2, 0.25) is 0 Å². The predicted molar refractivity (Wildman–Crippen MR) is 86.6 cm³/mol. The Kier molecular flexibility index (Phi) is 4.35. The normalized spacial score (nSPS) is 13.6. The van der Waals surface area contributed by atoms with Crippen LogP contribution in [0.1, 0.15) is 17.5 Å². The summed E-state index contributed by atoms with van der Waals surface area (Å²) in [6.45, 7) is 0.276. The lowest BCUT2D eigenvalue weighted by atomic mass is 10.0. The van der Waals surface area contributed by atoms with Gasteiger partial charge in [-0.1, -0.05) is 66.7 Å². The maximum atomic E-state index is 12.2. The number of carbonyl (C=O) groups is 1. The summed E-state index contributed by atoms with van der Waals surface area (Å²) in [5.74, 6) is 0. The number of allylic oxidation sites excluding steroid dienone is 2. The summed E-state index contributed by atoms with van der Waals surface area (Å²) in [7, 11) is 0. The van der Waals surface area contributed by atoms with Crippen LogP contribution in [0.4, 0.5) is 4.79 Å². The van der Waals surface area contributed by atoms with Gasteiger partial charge in [0.05, 0.1) is 0 Å². The lowest BCUT2D eigenvalue weighted by Gasteiger charge is -2.19. The van der Waals surface area contributed by atoms with E-state index < -0.39 is 0 Å². The molecule has 3 heteroatoms. The third-order valence-electron chi connectivity index (χ3n) is 3.46. The van der Waals surface area contributed by atoms with Crippen molar-refractivity contribution >= 4 is 11.7 Å². The number of amides is 1. The fraction of sp³-hybridized carbons (Fsp3) is 0.105. The molecule has 0 radical (unpaired) electrons. The monoisotopic (exact) mass is 291 g/mol. The topological polar surface area (TPSA) is 29.5 Å². The molecular weight excluding hydrogens is 274 g/mol. The highest BCUT2D eigenvalue weighted by atomic mass is 16.6. The van der Waals surface area contributed by atoms with Crippen LogP contribution in [0.15, 0.2) is 79.1 Å². The molecule has 1 aliphatic heterocycles. The van der Waals surface area contributed by atoms with Gasteiger partial charge < -0.3 is 4.74 Å². The van der Waals surface area contributed by atoms with Gasteiger partial charge in [0.15, 0.2) is 0 Å². The zero-order valence-electron chi connectivity index (χ0n) is 12.2. The van der Waals surface area contributed by atoms with E-state index in [-0.39, 0.29) is 12.7 Å². The van der Waals surface area contributed by atoms with Gasteiger partial charge in [-0.2, -0.15) is 0 Å². The third-order valence-corrected chi connectivity index (χ3v) is 3.46. The smallest absolute Gasteiger partial charge is 0.418 e. The fourth-order valence-electron chi connectivity index (χ4n) is 2.31. The molecule has 22 heavy (non-hydrogen) atoms. The number of nitrogens with zero attached hydrogens (tertiary/aromatic N) is 1. The van der Waals surface area contributed by atoms with Gasteiger partial charge >= 0.3 is 6.09 Å². The molecule has 1 heterocycles. The number of rotatable bonds is 3. The first-order valence-electron chi connectivity index (χ1n) is 7.25. The molecule has 0 fully saturated rings. The van der Waals surface area contributed by atoms with Gasteiger partial charge in [-0.3, -0.25) is 4.90 Å². The molecule has 0 spiro atoms. The van der Waals surface area contributed by atoms with E-state index in [9.17, 15) is 4.79 Å². The van der Waals surface area contributed by atoms with E-state index in [2.05, 4.69) is 0 Å². The van der Waals surface area contributed by atoms with Crippen LogP contribution in [0.5, 0.6) is 0 Å². The summed E-state index contributed by atoms with van der Waals surface area (Å²) >= 11 is 0. The second-order valence-electron chi connectivity index (χ2n) is 5.06. The van der Waals surface area contributed by atoms with Gasteiger partial charge in [-0.25, -0.2) is 4.79 Å². The Bertz CT molecular complexity index is 690. The average Bonchev–Trinajstić information content (AvgIpc) is 2.61. The molecule has 110 valence electrons. The third kappa shape index (κ3) is 3.44. The first-order chi connectivity index (χ1) is 10.8. The van der Waals surface area contributed by atoms with Crippen LogP contribution in [0.25, 0.3) is 5.57 Å². The first-order valence-corrected chi connectivity index (χ1v) is 7.25. The number of benzene rings is 2. The van der Waals surface area contributed by atoms with Gasteiger partial charge in [-0.05, 0) is 23.1 Å². The Morgan fingerprint density at radius 3 is 2.41 bits per heavy atom. The van der Waals surface area contributed by atoms with Crippen molar-refractivity contribution in [3.05, 3.63) is 90.3 Å². The van der Waals surface area contributed by atoms with Crippen LogP contribution >= 0.6 is 0 Å². The molecule has 0 aliphatic carbocycles. The Hall–Kier alpha value is -2.81. The fourth-order valence-corrected chi connectivity index (χ4v) is 2.31. The second kappa shape index (κ2) is 6.76. The van der Waals surface area contributed by atoms with Gasteiger partial charge in [-0.15, -0.1) is 0 Å². The highest BCUT2D eigenvalue weighted by molar-refractivity contribution is 5.76. The SMILES string of the molecule is O=C(OCc1ccccc1)N1C=CCC(c2ccccc2)=C1. The Balaban J connectivity index is 1.66. The molecule has 1 aliphatic rings. The van der Waals surface area contributed by atoms with E-state index >= 15 is 0 Å². The maximum absolute atomic E-state index is 12.2. The number of ether oxygens (including phenoxy) is 1. The summed E-state index contributed by atoms with van der Waals surface area (Å²) in [5.41, 5.74) is 3.19. The largest absolute Gasteiger partial charge is 0.444 e. The van der Waals surface area contributed by atoms with Gasteiger partial charge in [0.1, 0.15) is 6.61 Å². The van der Waals surface area contributed by atoms with Crippen molar-refractivity contribution in [2.24, 2.45) is 0 Å². The van der Waals surface area contributed by atoms with Crippen molar-refractivity contribution < 1.29 is 9.53 Å². The van der Waals surface area contributed by atoms with Crippen LogP contribution in [-0.4, -0.2) is 11.0 Å². The molecule has 0 aromatic heterocycles. The van der Waals surface area contributed by atoms with E-state index in [0.717, 1.165) is 23.1 Å². The van der Waals surface area contributed by atoms with E-state index in [0.29, 0.717) is 0 Å². The molecule has 0 unspecified atom stereocenters. The molecule has 3 rings (SSSR count). The van der Waals surface area contributed by atoms with E-state index in [1.165, 1.54) is 4.90 Å². The molecule has 3 nitrogen and oxygen atoms in total. The number of hydrogen-bond acceptors (Lipinski definition) is 2. The quantitative estimate of drug-likeness (QED) is 0.828. The standard InChI is InChI=1S/C19H17NO2/c21-19(22-15-16-8-3-1-4-9-16)20-13-7-12-18(14-20)17-10-5-2-6-11-17/h1-11,13-14H,12,15H2. The van der Waals surface area contributed by atoms with Crippen molar-refractivity contribution in [3.8, 4) is 0 Å². The molecule has 0 atom stereocenters. The molecule has 2 aromatic rings. The molecule has 0 saturated heterocycles. The molecule has 1 amide bonds. The zero-order chi connectivity index (χ0) is 15.2. The molecular formula is C19H17NO2. The zero-order valence-corrected chi connectivity index (χ0v) is 12.2. The number of hydrogen-bond donors (Lipinski definition) is 0. The molecule has 0 saturated carbocycles. The first kappa shape index (κ1) is 14.1. The highest BCUT2D eigenvalue weighted by Crippen LogP contribution is 2.23. The van der Waals surface area contributed by atoms with Crippen molar-refractivity contribution in [2.75, 3.05) is 0 Å². The lowest BCUT2D eigenvalue weighted by molar-refractivity contribution is 0.121. The number of carbonyl (C=O) groups excluding carboxylic acids is 1. The van der Waals surface area contributed by atoms with Crippen molar-refractivity contribution in [2.45, 2.75) is 13.0 Å². The highest BCUT2D eigenvalue weighted by Gasteiger charge is 2.15. The minimum absolute atomic E-state index is 0.276. The second-order valence-corrected chi connectivity index (χ2v) is 5.06. The summed E-state index contributed by atoms with van der Waals surface area (Å²) in [6, 6.07) is 19.7. The van der Waals surface area contributed by atoms with E-state index in [1.54, 1.807) is 6.20 Å². The summed E-state index contributed by atoms with van der Waals surface area (Å²) < 4.78 is 5.34. The van der Waals surface area contributed by atoms with E-state index in [4.69, 9.17) is 4.74 Å². The molecule has 0 bridgehead atoms. The van der Waals surface area contributed by atoms with Crippen molar-refractivity contribution in [1.29, 1.82) is 0 Å². The Morgan fingerprint density at radius 1 is 1.00 bits per heavy atom. The van der Waals surface area contributed by atoms with Gasteiger partial charge in [0, 0.05) is 12.4 Å². The maximum Gasteiger partial charge on any atom is 0.418 e. The Morgan fingerprint density at radius 2 is 1.68 bits per heavy atom. The van der Waals surface area contributed by atoms with Crippen LogP contribution in [0, 0.1) is 0 Å². The van der Waals surface area contributed by atoms with Crippen molar-refractivity contribution in [3.63, 3.8) is 0 Å². The van der Waals surface area contributed by atoms with Crippen molar-refractivity contribution in [1.82, 2.24) is 4.90 Å². The van der Waals surface area contributed by atoms with Crippen LogP contribution in [0.2, 0.25) is 0 Å². The van der Waals surface area contributed by atoms with Crippen LogP contribution < -0.4 is 0 Å². The van der Waals surface area contributed by atoms with Crippen LogP contribution in [-0.2, 0) is 11.3 Å². The Labute approximate surface area is 130 Å². The average molecular weight is 291 g/mol. The van der Waals surface area contributed by atoms with Crippen LogP contribution in [0.3, 0.4) is 0 Å². The van der Waals surface area contributed by atoms with E-state index in [1.807, 2.05) is 72.9 Å². The van der Waals surface area contributed by atoms with Gasteiger partial charge in [0.25, 0.3) is 0 Å². The minimum Gasteiger partial charge on any atom is -0.444 e. The predicted octanol–water partition coefficient (Wildman–Crippen LogP) is 4.58. The molecule has 2 aromatic carbocycles. The summed E-state index contributed by atoms with van der Waals surface area (Å²) in [5, 5.41) is 0. The minimum atomic E-state index is -0.367.